The van der Waals surface area contributed by atoms with Crippen LogP contribution in [0.5, 0.6) is 0 Å². The first-order valence-electron chi connectivity index (χ1n) is 6.14. The van der Waals surface area contributed by atoms with E-state index in [1.165, 1.54) is 0 Å². The van der Waals surface area contributed by atoms with Crippen LogP contribution in [0.4, 0.5) is 5.69 Å². The van der Waals surface area contributed by atoms with Gasteiger partial charge in [0, 0.05) is 18.0 Å². The van der Waals surface area contributed by atoms with E-state index in [4.69, 9.17) is 0 Å². The van der Waals surface area contributed by atoms with Gasteiger partial charge >= 0.3 is 0 Å². The molecule has 0 bridgehead atoms. The van der Waals surface area contributed by atoms with Crippen LogP contribution in [0.3, 0.4) is 0 Å². The number of H-pyrrole nitrogens is 1. The normalized spacial score (nSPS) is 10.4. The molecule has 20 heavy (non-hydrogen) atoms. The first kappa shape index (κ1) is 12.2. The monoisotopic (exact) mass is 267 g/mol. The third kappa shape index (κ3) is 2.44. The summed E-state index contributed by atoms with van der Waals surface area (Å²) < 4.78 is 1.77. The fourth-order valence-electron chi connectivity index (χ4n) is 1.84. The third-order valence-electron chi connectivity index (χ3n) is 2.86. The van der Waals surface area contributed by atoms with Crippen molar-refractivity contribution in [3.63, 3.8) is 0 Å². The number of rotatable bonds is 3. The van der Waals surface area contributed by atoms with E-state index < -0.39 is 0 Å². The van der Waals surface area contributed by atoms with Crippen LogP contribution in [-0.2, 0) is 0 Å². The molecule has 0 unspecified atom stereocenters. The van der Waals surface area contributed by atoms with Crippen LogP contribution in [0.15, 0.2) is 49.1 Å². The Hall–Kier alpha value is -2.89. The molecule has 0 aliphatic rings. The maximum Gasteiger partial charge on any atom is 0.255 e. The fourth-order valence-corrected chi connectivity index (χ4v) is 1.84. The molecule has 0 fully saturated rings. The molecule has 0 aliphatic heterocycles. The van der Waals surface area contributed by atoms with Crippen molar-refractivity contribution in [3.05, 3.63) is 60.2 Å². The second-order valence-electron chi connectivity index (χ2n) is 4.45. The lowest BCUT2D eigenvalue weighted by atomic mass is 10.2. The molecule has 3 aromatic rings. The summed E-state index contributed by atoms with van der Waals surface area (Å²) >= 11 is 0. The first-order valence-corrected chi connectivity index (χ1v) is 6.14. The van der Waals surface area contributed by atoms with Crippen molar-refractivity contribution in [2.24, 2.45) is 0 Å². The number of carbonyl (C=O) groups excluding carboxylic acids is 1. The topological polar surface area (TPSA) is 75.6 Å². The Bertz CT molecular complexity index is 712. The summed E-state index contributed by atoms with van der Waals surface area (Å²) in [5, 5.41) is 13.4. The van der Waals surface area contributed by atoms with Crippen molar-refractivity contribution >= 4 is 11.6 Å². The lowest BCUT2D eigenvalue weighted by Gasteiger charge is -2.04. The predicted octanol–water partition coefficient (Wildman–Crippen LogP) is 2.16. The van der Waals surface area contributed by atoms with E-state index >= 15 is 0 Å². The Morgan fingerprint density at radius 3 is 2.65 bits per heavy atom. The van der Waals surface area contributed by atoms with Crippen LogP contribution >= 0.6 is 0 Å². The van der Waals surface area contributed by atoms with Crippen LogP contribution < -0.4 is 5.32 Å². The Balaban J connectivity index is 1.77. The molecular formula is C14H13N5O. The molecule has 0 atom stereocenters. The van der Waals surface area contributed by atoms with Gasteiger partial charge in [0.25, 0.3) is 5.91 Å². The zero-order valence-electron chi connectivity index (χ0n) is 10.9. The molecule has 0 saturated heterocycles. The molecule has 1 aromatic carbocycles. The Kier molecular flexibility index (Phi) is 3.04. The average Bonchev–Trinajstić information content (AvgIpc) is 3.10. The molecule has 2 aromatic heterocycles. The number of aromatic amines is 1. The maximum atomic E-state index is 12.0. The van der Waals surface area contributed by atoms with Crippen LogP contribution in [0, 0.1) is 6.92 Å². The molecule has 0 aliphatic carbocycles. The van der Waals surface area contributed by atoms with Gasteiger partial charge in [0.15, 0.2) is 0 Å². The molecule has 0 saturated carbocycles. The minimum Gasteiger partial charge on any atom is -0.319 e. The summed E-state index contributed by atoms with van der Waals surface area (Å²) in [5.41, 5.74) is 3.23. The highest BCUT2D eigenvalue weighted by Gasteiger charge is 2.07. The number of anilines is 1. The number of aromatic nitrogens is 4. The predicted molar refractivity (Wildman–Crippen MR) is 74.8 cm³/mol. The van der Waals surface area contributed by atoms with Crippen LogP contribution in [0.2, 0.25) is 0 Å². The highest BCUT2D eigenvalue weighted by Crippen LogP contribution is 2.11. The van der Waals surface area contributed by atoms with Crippen molar-refractivity contribution < 1.29 is 4.79 Å². The second kappa shape index (κ2) is 5.00. The molecule has 3 rings (SSSR count). The fraction of sp³-hybridized carbons (Fsp3) is 0.0714. The summed E-state index contributed by atoms with van der Waals surface area (Å²) in [6, 6.07) is 7.25. The number of aryl methyl sites for hydroxylation is 1. The Labute approximate surface area is 115 Å². The zero-order valence-corrected chi connectivity index (χ0v) is 10.9. The maximum absolute atomic E-state index is 12.0. The number of benzene rings is 1. The van der Waals surface area contributed by atoms with E-state index in [2.05, 4.69) is 20.6 Å². The molecule has 0 spiro atoms. The lowest BCUT2D eigenvalue weighted by molar-refractivity contribution is 0.102. The second-order valence-corrected chi connectivity index (χ2v) is 4.45. The van der Waals surface area contributed by atoms with Crippen molar-refractivity contribution in [1.82, 2.24) is 20.0 Å². The summed E-state index contributed by atoms with van der Waals surface area (Å²) in [7, 11) is 0. The van der Waals surface area contributed by atoms with Gasteiger partial charge in [-0.15, -0.1) is 0 Å². The molecule has 2 N–H and O–H groups in total. The number of amides is 1. The van der Waals surface area contributed by atoms with Crippen LogP contribution in [0.25, 0.3) is 5.69 Å². The van der Waals surface area contributed by atoms with E-state index in [-0.39, 0.29) is 5.91 Å². The SMILES string of the molecule is Cc1cnn(-c2ccc(C(=O)Nc3cn[nH]c3)cc2)c1. The van der Waals surface area contributed by atoms with Gasteiger partial charge in [-0.2, -0.15) is 10.2 Å². The largest absolute Gasteiger partial charge is 0.319 e. The Morgan fingerprint density at radius 1 is 1.25 bits per heavy atom. The van der Waals surface area contributed by atoms with E-state index in [1.807, 2.05) is 25.3 Å². The quantitative estimate of drug-likeness (QED) is 0.763. The number of nitrogens with zero attached hydrogens (tertiary/aromatic N) is 3. The molecule has 2 heterocycles. The lowest BCUT2D eigenvalue weighted by Crippen LogP contribution is -2.11. The van der Waals surface area contributed by atoms with Gasteiger partial charge in [-0.1, -0.05) is 0 Å². The van der Waals surface area contributed by atoms with E-state index in [1.54, 1.807) is 35.4 Å². The van der Waals surface area contributed by atoms with Gasteiger partial charge in [0.2, 0.25) is 0 Å². The van der Waals surface area contributed by atoms with E-state index in [0.717, 1.165) is 11.3 Å². The molecule has 100 valence electrons. The average molecular weight is 267 g/mol. The van der Waals surface area contributed by atoms with Crippen LogP contribution in [-0.4, -0.2) is 25.9 Å². The van der Waals surface area contributed by atoms with Crippen molar-refractivity contribution in [2.45, 2.75) is 6.92 Å². The first-order chi connectivity index (χ1) is 9.72. The summed E-state index contributed by atoms with van der Waals surface area (Å²) in [6.07, 6.45) is 6.90. The highest BCUT2D eigenvalue weighted by atomic mass is 16.1. The van der Waals surface area contributed by atoms with Gasteiger partial charge in [-0.3, -0.25) is 9.89 Å². The van der Waals surface area contributed by atoms with Crippen molar-refractivity contribution in [2.75, 3.05) is 5.32 Å². The smallest absolute Gasteiger partial charge is 0.255 e. The molecular weight excluding hydrogens is 254 g/mol. The van der Waals surface area contributed by atoms with E-state index in [0.29, 0.717) is 11.3 Å². The standard InChI is InChI=1S/C14H13N5O/c1-10-6-17-19(9-10)13-4-2-11(3-5-13)14(20)18-12-7-15-16-8-12/h2-9H,1H3,(H,15,16)(H,18,20). The van der Waals surface area contributed by atoms with E-state index in [9.17, 15) is 4.79 Å². The third-order valence-corrected chi connectivity index (χ3v) is 2.86. The zero-order chi connectivity index (χ0) is 13.9. The summed E-state index contributed by atoms with van der Waals surface area (Å²) in [4.78, 5) is 12.0. The molecule has 0 radical (unpaired) electrons. The number of hydrogen-bond acceptors (Lipinski definition) is 3. The number of hydrogen-bond donors (Lipinski definition) is 2. The van der Waals surface area contributed by atoms with Gasteiger partial charge in [-0.25, -0.2) is 4.68 Å². The minimum absolute atomic E-state index is 0.172. The number of carbonyl (C=O) groups is 1. The Morgan fingerprint density at radius 2 is 2.05 bits per heavy atom. The number of nitrogens with one attached hydrogen (secondary N) is 2. The minimum atomic E-state index is -0.172. The summed E-state index contributed by atoms with van der Waals surface area (Å²) in [5.74, 6) is -0.172. The molecule has 6 nitrogen and oxygen atoms in total. The molecule has 1 amide bonds. The van der Waals surface area contributed by atoms with Gasteiger partial charge in [0.1, 0.15) is 0 Å². The highest BCUT2D eigenvalue weighted by molar-refractivity contribution is 6.04. The van der Waals surface area contributed by atoms with Gasteiger partial charge < -0.3 is 5.32 Å². The van der Waals surface area contributed by atoms with Gasteiger partial charge in [0.05, 0.1) is 23.8 Å². The van der Waals surface area contributed by atoms with Crippen molar-refractivity contribution in [1.29, 1.82) is 0 Å². The van der Waals surface area contributed by atoms with Crippen LogP contribution in [0.1, 0.15) is 15.9 Å². The summed E-state index contributed by atoms with van der Waals surface area (Å²) in [6.45, 7) is 1.98. The molecule has 6 heteroatoms. The van der Waals surface area contributed by atoms with Crippen molar-refractivity contribution in [3.8, 4) is 5.69 Å². The van der Waals surface area contributed by atoms with Gasteiger partial charge in [-0.05, 0) is 36.8 Å².